The van der Waals surface area contributed by atoms with Crippen LogP contribution in [0.1, 0.15) is 16.1 Å². The van der Waals surface area contributed by atoms with E-state index in [0.717, 1.165) is 16.2 Å². The summed E-state index contributed by atoms with van der Waals surface area (Å²) in [5.74, 6) is 0.0210. The number of amides is 2. The molecule has 4 aromatic rings. The highest BCUT2D eigenvalue weighted by molar-refractivity contribution is 6.07. The van der Waals surface area contributed by atoms with Crippen molar-refractivity contribution in [2.24, 2.45) is 0 Å². The average molecular weight is 399 g/mol. The van der Waals surface area contributed by atoms with Gasteiger partial charge < -0.3 is 14.3 Å². The molecule has 1 fully saturated rings. The Bertz CT molecular complexity index is 1230. The lowest BCUT2D eigenvalue weighted by Crippen LogP contribution is -2.51. The summed E-state index contributed by atoms with van der Waals surface area (Å²) in [6.07, 6.45) is 0.203. The fourth-order valence-corrected chi connectivity index (χ4v) is 4.06. The van der Waals surface area contributed by atoms with Crippen LogP contribution in [0.3, 0.4) is 0 Å². The number of carbonyl (C=O) groups is 2. The van der Waals surface area contributed by atoms with E-state index in [1.165, 1.54) is 0 Å². The van der Waals surface area contributed by atoms with Crippen LogP contribution in [0.25, 0.3) is 21.7 Å². The number of carbonyl (C=O) groups excluding carboxylic acids is 2. The maximum Gasteiger partial charge on any atom is 0.254 e. The van der Waals surface area contributed by atoms with Crippen LogP contribution in [0.4, 0.5) is 0 Å². The second-order valence-electron chi connectivity index (χ2n) is 7.50. The molecule has 0 N–H and O–H groups in total. The van der Waals surface area contributed by atoms with Gasteiger partial charge in [-0.1, -0.05) is 53.7 Å². The first-order valence-electron chi connectivity index (χ1n) is 10.1. The van der Waals surface area contributed by atoms with E-state index in [2.05, 4.69) is 5.16 Å². The maximum atomic E-state index is 13.1. The van der Waals surface area contributed by atoms with Gasteiger partial charge in [0.25, 0.3) is 5.91 Å². The van der Waals surface area contributed by atoms with Gasteiger partial charge in [-0.05, 0) is 29.0 Å². The quantitative estimate of drug-likeness (QED) is 0.529. The first-order valence-corrected chi connectivity index (χ1v) is 10.1. The van der Waals surface area contributed by atoms with E-state index in [4.69, 9.17) is 4.52 Å². The minimum Gasteiger partial charge on any atom is -0.356 e. The Morgan fingerprint density at radius 1 is 0.800 bits per heavy atom. The fourth-order valence-electron chi connectivity index (χ4n) is 4.06. The number of aromatic nitrogens is 1. The molecule has 5 rings (SSSR count). The van der Waals surface area contributed by atoms with Crippen molar-refractivity contribution in [3.63, 3.8) is 0 Å². The van der Waals surface area contributed by atoms with Crippen LogP contribution in [0.2, 0.25) is 0 Å². The van der Waals surface area contributed by atoms with Gasteiger partial charge in [0, 0.05) is 37.1 Å². The molecule has 1 saturated heterocycles. The lowest BCUT2D eigenvalue weighted by atomic mass is 10.0. The second-order valence-corrected chi connectivity index (χ2v) is 7.50. The van der Waals surface area contributed by atoms with E-state index in [1.54, 1.807) is 4.90 Å². The molecule has 1 aromatic heterocycles. The van der Waals surface area contributed by atoms with Crippen LogP contribution < -0.4 is 0 Å². The zero-order chi connectivity index (χ0) is 20.5. The van der Waals surface area contributed by atoms with E-state index in [1.807, 2.05) is 71.6 Å². The largest absolute Gasteiger partial charge is 0.356 e. The Hall–Kier alpha value is -3.67. The molecule has 30 heavy (non-hydrogen) atoms. The molecule has 6 nitrogen and oxygen atoms in total. The Labute approximate surface area is 173 Å². The van der Waals surface area contributed by atoms with Gasteiger partial charge in [0.1, 0.15) is 5.69 Å². The SMILES string of the molecule is O=C(Cc1noc2ccccc12)N1CCN(C(=O)c2cccc3ccccc23)CC1. The lowest BCUT2D eigenvalue weighted by Gasteiger charge is -2.35. The molecule has 0 saturated carbocycles. The number of piperazine rings is 1. The van der Waals surface area contributed by atoms with E-state index in [9.17, 15) is 9.59 Å². The first-order chi connectivity index (χ1) is 14.7. The molecule has 0 radical (unpaired) electrons. The highest BCUT2D eigenvalue weighted by Crippen LogP contribution is 2.22. The monoisotopic (exact) mass is 399 g/mol. The van der Waals surface area contributed by atoms with Gasteiger partial charge in [-0.2, -0.15) is 0 Å². The molecule has 0 aliphatic carbocycles. The van der Waals surface area contributed by atoms with Crippen molar-refractivity contribution in [3.05, 3.63) is 78.0 Å². The van der Waals surface area contributed by atoms with Crippen molar-refractivity contribution >= 4 is 33.6 Å². The lowest BCUT2D eigenvalue weighted by molar-refractivity contribution is -0.132. The van der Waals surface area contributed by atoms with Crippen LogP contribution in [-0.4, -0.2) is 52.9 Å². The fraction of sp³-hybridized carbons (Fsp3) is 0.208. The number of rotatable bonds is 3. The Kier molecular flexibility index (Phi) is 4.67. The van der Waals surface area contributed by atoms with E-state index in [-0.39, 0.29) is 18.2 Å². The van der Waals surface area contributed by atoms with Gasteiger partial charge in [0.05, 0.1) is 6.42 Å². The highest BCUT2D eigenvalue weighted by Gasteiger charge is 2.26. The molecule has 0 unspecified atom stereocenters. The van der Waals surface area contributed by atoms with Crippen molar-refractivity contribution in [2.45, 2.75) is 6.42 Å². The standard InChI is InChI=1S/C24H21N3O3/c28-23(16-21-20-9-3-4-11-22(20)30-25-21)26-12-14-27(15-13-26)24(29)19-10-5-7-17-6-1-2-8-18(17)19/h1-11H,12-16H2. The molecule has 0 bridgehead atoms. The summed E-state index contributed by atoms with van der Waals surface area (Å²) in [6, 6.07) is 21.2. The van der Waals surface area contributed by atoms with Crippen molar-refractivity contribution in [2.75, 3.05) is 26.2 Å². The van der Waals surface area contributed by atoms with Crippen molar-refractivity contribution in [1.29, 1.82) is 0 Å². The first kappa shape index (κ1) is 18.4. The number of hydrogen-bond acceptors (Lipinski definition) is 4. The summed E-state index contributed by atoms with van der Waals surface area (Å²) in [5.41, 5.74) is 2.05. The zero-order valence-corrected chi connectivity index (χ0v) is 16.5. The Morgan fingerprint density at radius 2 is 1.47 bits per heavy atom. The number of benzene rings is 3. The molecule has 6 heteroatoms. The van der Waals surface area contributed by atoms with Gasteiger partial charge in [0.15, 0.2) is 5.58 Å². The third kappa shape index (κ3) is 3.30. The molecule has 1 aliphatic heterocycles. The Balaban J connectivity index is 1.26. The number of nitrogens with zero attached hydrogens (tertiary/aromatic N) is 3. The third-order valence-corrected chi connectivity index (χ3v) is 5.71. The second kappa shape index (κ2) is 7.63. The van der Waals surface area contributed by atoms with Crippen LogP contribution in [0.5, 0.6) is 0 Å². The molecule has 3 aromatic carbocycles. The maximum absolute atomic E-state index is 13.1. The molecular weight excluding hydrogens is 378 g/mol. The molecule has 0 spiro atoms. The third-order valence-electron chi connectivity index (χ3n) is 5.71. The predicted molar refractivity (Wildman–Crippen MR) is 114 cm³/mol. The summed E-state index contributed by atoms with van der Waals surface area (Å²) in [4.78, 5) is 29.5. The van der Waals surface area contributed by atoms with Gasteiger partial charge in [0.2, 0.25) is 5.91 Å². The van der Waals surface area contributed by atoms with Gasteiger partial charge in [-0.3, -0.25) is 9.59 Å². The number of hydrogen-bond donors (Lipinski definition) is 0. The van der Waals surface area contributed by atoms with Crippen LogP contribution in [0.15, 0.2) is 71.3 Å². The van der Waals surface area contributed by atoms with Crippen LogP contribution in [-0.2, 0) is 11.2 Å². The minimum absolute atomic E-state index is 0.00585. The summed E-state index contributed by atoms with van der Waals surface area (Å²) < 4.78 is 5.30. The predicted octanol–water partition coefficient (Wildman–Crippen LogP) is 3.51. The molecule has 2 heterocycles. The smallest absolute Gasteiger partial charge is 0.254 e. The van der Waals surface area contributed by atoms with Gasteiger partial charge in [-0.15, -0.1) is 0 Å². The molecule has 0 atom stereocenters. The van der Waals surface area contributed by atoms with Crippen molar-refractivity contribution in [3.8, 4) is 0 Å². The molecule has 1 aliphatic rings. The molecule has 2 amide bonds. The summed E-state index contributed by atoms with van der Waals surface area (Å²) in [5, 5.41) is 6.94. The van der Waals surface area contributed by atoms with E-state index in [0.29, 0.717) is 43.0 Å². The van der Waals surface area contributed by atoms with Crippen molar-refractivity contribution < 1.29 is 14.1 Å². The van der Waals surface area contributed by atoms with Crippen molar-refractivity contribution in [1.82, 2.24) is 15.0 Å². The summed E-state index contributed by atoms with van der Waals surface area (Å²) in [6.45, 7) is 2.08. The molecular formula is C24H21N3O3. The van der Waals surface area contributed by atoms with Gasteiger partial charge >= 0.3 is 0 Å². The zero-order valence-electron chi connectivity index (χ0n) is 16.5. The number of para-hydroxylation sites is 1. The van der Waals surface area contributed by atoms with E-state index < -0.39 is 0 Å². The molecule has 150 valence electrons. The normalized spacial score (nSPS) is 14.4. The topological polar surface area (TPSA) is 66.7 Å². The van der Waals surface area contributed by atoms with Gasteiger partial charge in [-0.25, -0.2) is 0 Å². The summed E-state index contributed by atoms with van der Waals surface area (Å²) in [7, 11) is 0. The van der Waals surface area contributed by atoms with E-state index >= 15 is 0 Å². The summed E-state index contributed by atoms with van der Waals surface area (Å²) >= 11 is 0. The van der Waals surface area contributed by atoms with Crippen LogP contribution in [0, 0.1) is 0 Å². The number of fused-ring (bicyclic) bond motifs is 2. The minimum atomic E-state index is 0.00585. The highest BCUT2D eigenvalue weighted by atomic mass is 16.5. The van der Waals surface area contributed by atoms with Crippen LogP contribution >= 0.6 is 0 Å². The average Bonchev–Trinajstić information content (AvgIpc) is 3.21. The Morgan fingerprint density at radius 3 is 2.30 bits per heavy atom.